The Labute approximate surface area is 174 Å². The normalized spacial score (nSPS) is 10.5. The van der Waals surface area contributed by atoms with Crippen LogP contribution in [-0.2, 0) is 17.8 Å². The summed E-state index contributed by atoms with van der Waals surface area (Å²) in [4.78, 5) is 12.3. The fourth-order valence-corrected chi connectivity index (χ4v) is 3.08. The lowest BCUT2D eigenvalue weighted by Crippen LogP contribution is -2.23. The third-order valence-electron chi connectivity index (χ3n) is 4.68. The summed E-state index contributed by atoms with van der Waals surface area (Å²) in [5, 5.41) is 2.86. The number of halogens is 1. The summed E-state index contributed by atoms with van der Waals surface area (Å²) < 4.78 is 35.6. The lowest BCUT2D eigenvalue weighted by molar-refractivity contribution is -0.121. The average molecular weight is 413 g/mol. The Morgan fingerprint density at radius 1 is 1.00 bits per heavy atom. The molecular weight excluding hydrogens is 389 g/mol. The van der Waals surface area contributed by atoms with Crippen LogP contribution in [0.15, 0.2) is 52.9 Å². The van der Waals surface area contributed by atoms with Crippen molar-refractivity contribution in [2.45, 2.75) is 19.4 Å². The smallest absolute Gasteiger partial charge is 0.220 e. The maximum absolute atomic E-state index is 13.9. The second-order valence-corrected chi connectivity index (χ2v) is 6.53. The number of methoxy groups -OCH3 is 3. The fraction of sp³-hybridized carbons (Fsp3) is 0.261. The molecule has 0 saturated heterocycles. The van der Waals surface area contributed by atoms with Crippen molar-refractivity contribution < 1.29 is 27.8 Å². The minimum Gasteiger partial charge on any atom is -0.496 e. The van der Waals surface area contributed by atoms with Crippen LogP contribution in [0.5, 0.6) is 17.2 Å². The molecule has 0 spiro atoms. The SMILES string of the molecule is COc1cc(OC)c(CNC(=O)CCc2ccc(-c3ccccc3F)o2)c(OC)c1. The number of benzene rings is 2. The molecule has 158 valence electrons. The number of rotatable bonds is 9. The van der Waals surface area contributed by atoms with E-state index in [4.69, 9.17) is 18.6 Å². The van der Waals surface area contributed by atoms with Crippen LogP contribution in [-0.4, -0.2) is 27.2 Å². The molecule has 2 aromatic carbocycles. The van der Waals surface area contributed by atoms with E-state index in [1.807, 2.05) is 0 Å². The number of carbonyl (C=O) groups is 1. The van der Waals surface area contributed by atoms with Crippen molar-refractivity contribution in [1.29, 1.82) is 0 Å². The molecule has 1 heterocycles. The summed E-state index contributed by atoms with van der Waals surface area (Å²) in [6.45, 7) is 0.244. The van der Waals surface area contributed by atoms with Gasteiger partial charge in [0.25, 0.3) is 0 Å². The Morgan fingerprint density at radius 2 is 1.70 bits per heavy atom. The first kappa shape index (κ1) is 21.2. The van der Waals surface area contributed by atoms with E-state index < -0.39 is 0 Å². The van der Waals surface area contributed by atoms with Crippen molar-refractivity contribution in [3.05, 3.63) is 65.7 Å². The second kappa shape index (κ2) is 9.82. The third kappa shape index (κ3) is 4.92. The van der Waals surface area contributed by atoms with Gasteiger partial charge in [0.1, 0.15) is 34.6 Å². The number of amides is 1. The summed E-state index contributed by atoms with van der Waals surface area (Å²) in [5.74, 6) is 2.28. The second-order valence-electron chi connectivity index (χ2n) is 6.53. The number of ether oxygens (including phenoxy) is 3. The van der Waals surface area contributed by atoms with E-state index in [0.29, 0.717) is 46.3 Å². The Hall–Kier alpha value is -3.48. The maximum atomic E-state index is 13.9. The van der Waals surface area contributed by atoms with Crippen molar-refractivity contribution in [2.75, 3.05) is 21.3 Å². The quantitative estimate of drug-likeness (QED) is 0.564. The van der Waals surface area contributed by atoms with Crippen LogP contribution in [0.2, 0.25) is 0 Å². The van der Waals surface area contributed by atoms with Crippen LogP contribution in [0.25, 0.3) is 11.3 Å². The highest BCUT2D eigenvalue weighted by Crippen LogP contribution is 2.34. The lowest BCUT2D eigenvalue weighted by Gasteiger charge is -2.15. The van der Waals surface area contributed by atoms with Gasteiger partial charge in [-0.25, -0.2) is 4.39 Å². The molecule has 7 heteroatoms. The van der Waals surface area contributed by atoms with Crippen molar-refractivity contribution in [2.24, 2.45) is 0 Å². The molecule has 3 aromatic rings. The monoisotopic (exact) mass is 413 g/mol. The molecule has 0 atom stereocenters. The highest BCUT2D eigenvalue weighted by atomic mass is 19.1. The molecule has 1 amide bonds. The van der Waals surface area contributed by atoms with Crippen LogP contribution in [0.3, 0.4) is 0 Å². The molecule has 30 heavy (non-hydrogen) atoms. The predicted octanol–water partition coefficient (Wildman–Crippen LogP) is 4.36. The zero-order valence-corrected chi connectivity index (χ0v) is 17.2. The van der Waals surface area contributed by atoms with Gasteiger partial charge in [0, 0.05) is 25.0 Å². The van der Waals surface area contributed by atoms with E-state index in [1.165, 1.54) is 6.07 Å². The summed E-state index contributed by atoms with van der Waals surface area (Å²) in [6, 6.07) is 13.3. The van der Waals surface area contributed by atoms with Gasteiger partial charge in [0.05, 0.1) is 39.0 Å². The Balaban J connectivity index is 1.59. The number of hydrogen-bond acceptors (Lipinski definition) is 5. The maximum Gasteiger partial charge on any atom is 0.220 e. The molecule has 0 unspecified atom stereocenters. The van der Waals surface area contributed by atoms with Crippen molar-refractivity contribution in [3.8, 4) is 28.6 Å². The van der Waals surface area contributed by atoms with Gasteiger partial charge < -0.3 is 23.9 Å². The van der Waals surface area contributed by atoms with E-state index in [-0.39, 0.29) is 24.7 Å². The van der Waals surface area contributed by atoms with E-state index >= 15 is 0 Å². The molecule has 0 bridgehead atoms. The van der Waals surface area contributed by atoms with Gasteiger partial charge in [-0.05, 0) is 24.3 Å². The van der Waals surface area contributed by atoms with Gasteiger partial charge >= 0.3 is 0 Å². The summed E-state index contributed by atoms with van der Waals surface area (Å²) >= 11 is 0. The van der Waals surface area contributed by atoms with Gasteiger partial charge in [-0.2, -0.15) is 0 Å². The van der Waals surface area contributed by atoms with E-state index in [2.05, 4.69) is 5.32 Å². The molecule has 0 aliphatic rings. The predicted molar refractivity (Wildman–Crippen MR) is 110 cm³/mol. The van der Waals surface area contributed by atoms with Crippen LogP contribution < -0.4 is 19.5 Å². The van der Waals surface area contributed by atoms with Crippen LogP contribution in [0.1, 0.15) is 17.7 Å². The molecular formula is C23H24FNO5. The van der Waals surface area contributed by atoms with Crippen molar-refractivity contribution in [1.82, 2.24) is 5.32 Å². The van der Waals surface area contributed by atoms with E-state index in [9.17, 15) is 9.18 Å². The largest absolute Gasteiger partial charge is 0.496 e. The number of aryl methyl sites for hydroxylation is 1. The molecule has 0 radical (unpaired) electrons. The molecule has 0 fully saturated rings. The number of nitrogens with one attached hydrogen (secondary N) is 1. The Kier molecular flexibility index (Phi) is 6.95. The minimum atomic E-state index is -0.349. The Bertz CT molecular complexity index is 989. The fourth-order valence-electron chi connectivity index (χ4n) is 3.08. The third-order valence-corrected chi connectivity index (χ3v) is 4.68. The highest BCUT2D eigenvalue weighted by molar-refractivity contribution is 5.76. The Morgan fingerprint density at radius 3 is 2.33 bits per heavy atom. The van der Waals surface area contributed by atoms with Gasteiger partial charge in [-0.15, -0.1) is 0 Å². The molecule has 0 saturated carbocycles. The molecule has 1 N–H and O–H groups in total. The van der Waals surface area contributed by atoms with Gasteiger partial charge in [0.2, 0.25) is 5.91 Å². The number of hydrogen-bond donors (Lipinski definition) is 1. The molecule has 0 aliphatic heterocycles. The van der Waals surface area contributed by atoms with Crippen molar-refractivity contribution >= 4 is 5.91 Å². The zero-order valence-electron chi connectivity index (χ0n) is 17.2. The molecule has 3 rings (SSSR count). The highest BCUT2D eigenvalue weighted by Gasteiger charge is 2.15. The van der Waals surface area contributed by atoms with E-state index in [0.717, 1.165) is 0 Å². The average Bonchev–Trinajstić information content (AvgIpc) is 3.24. The summed E-state index contributed by atoms with van der Waals surface area (Å²) in [7, 11) is 4.65. The molecule has 0 aliphatic carbocycles. The first-order chi connectivity index (χ1) is 14.5. The topological polar surface area (TPSA) is 69.9 Å². The van der Waals surface area contributed by atoms with Crippen LogP contribution >= 0.6 is 0 Å². The van der Waals surface area contributed by atoms with Gasteiger partial charge in [-0.1, -0.05) is 12.1 Å². The summed E-state index contributed by atoms with van der Waals surface area (Å²) in [6.07, 6.45) is 0.627. The minimum absolute atomic E-state index is 0.154. The number of carbonyl (C=O) groups excluding carboxylic acids is 1. The molecule has 6 nitrogen and oxygen atoms in total. The number of furan rings is 1. The first-order valence-electron chi connectivity index (χ1n) is 9.45. The van der Waals surface area contributed by atoms with Gasteiger partial charge in [-0.3, -0.25) is 4.79 Å². The van der Waals surface area contributed by atoms with Crippen LogP contribution in [0, 0.1) is 5.82 Å². The first-order valence-corrected chi connectivity index (χ1v) is 9.45. The lowest BCUT2D eigenvalue weighted by atomic mass is 10.1. The zero-order chi connectivity index (χ0) is 21.5. The standard InChI is InChI=1S/C23H24FNO5/c1-27-16-12-21(28-2)18(22(13-16)29-3)14-25-23(26)11-9-15-8-10-20(30-15)17-6-4-5-7-19(17)24/h4-8,10,12-13H,9,11,14H2,1-3H3,(H,25,26). The molecule has 1 aromatic heterocycles. The van der Waals surface area contributed by atoms with Crippen molar-refractivity contribution in [3.63, 3.8) is 0 Å². The van der Waals surface area contributed by atoms with Crippen LogP contribution in [0.4, 0.5) is 4.39 Å². The van der Waals surface area contributed by atoms with Gasteiger partial charge in [0.15, 0.2) is 0 Å². The summed E-state index contributed by atoms with van der Waals surface area (Å²) in [5.41, 5.74) is 1.11. The van der Waals surface area contributed by atoms with E-state index in [1.54, 1.807) is 63.8 Å².